The van der Waals surface area contributed by atoms with Crippen LogP contribution in [0, 0.1) is 0 Å². The average Bonchev–Trinajstić information content (AvgIpc) is 3.17. The van der Waals surface area contributed by atoms with E-state index in [0.717, 1.165) is 14.4 Å². The lowest BCUT2D eigenvalue weighted by Gasteiger charge is -2.11. The van der Waals surface area contributed by atoms with Crippen LogP contribution in [-0.2, 0) is 0 Å². The number of amides is 1. The van der Waals surface area contributed by atoms with E-state index in [0.29, 0.717) is 10.8 Å². The Hall–Kier alpha value is -1.09. The van der Waals surface area contributed by atoms with Gasteiger partial charge in [0.1, 0.15) is 10.7 Å². The van der Waals surface area contributed by atoms with E-state index in [4.69, 9.17) is 0 Å². The molecule has 0 saturated carbocycles. The second-order valence-electron chi connectivity index (χ2n) is 3.85. The van der Waals surface area contributed by atoms with Gasteiger partial charge in [0.25, 0.3) is 5.91 Å². The second kappa shape index (κ2) is 5.72. The van der Waals surface area contributed by atoms with Crippen molar-refractivity contribution in [2.45, 2.75) is 0 Å². The van der Waals surface area contributed by atoms with Crippen LogP contribution < -0.4 is 4.90 Å². The summed E-state index contributed by atoms with van der Waals surface area (Å²) in [6.45, 7) is 0. The van der Waals surface area contributed by atoms with E-state index in [1.165, 1.54) is 27.6 Å². The third kappa shape index (κ3) is 2.69. The summed E-state index contributed by atoms with van der Waals surface area (Å²) in [5.41, 5.74) is 0.451. The SMILES string of the molecule is CN(C(=O)c1csc(-c2cc(Br)cs2)n1)c1nccs1. The minimum atomic E-state index is -0.141. The summed E-state index contributed by atoms with van der Waals surface area (Å²) in [5.74, 6) is -0.141. The smallest absolute Gasteiger partial charge is 0.279 e. The molecule has 0 spiro atoms. The van der Waals surface area contributed by atoms with Crippen molar-refractivity contribution in [3.05, 3.63) is 38.6 Å². The van der Waals surface area contributed by atoms with Crippen LogP contribution in [0.1, 0.15) is 10.5 Å². The number of carbonyl (C=O) groups is 1. The first-order chi connectivity index (χ1) is 9.65. The zero-order valence-electron chi connectivity index (χ0n) is 10.2. The Morgan fingerprint density at radius 1 is 1.30 bits per heavy atom. The normalized spacial score (nSPS) is 10.7. The van der Waals surface area contributed by atoms with Crippen molar-refractivity contribution < 1.29 is 4.79 Å². The topological polar surface area (TPSA) is 46.1 Å². The summed E-state index contributed by atoms with van der Waals surface area (Å²) in [6.07, 6.45) is 1.68. The number of hydrogen-bond donors (Lipinski definition) is 0. The van der Waals surface area contributed by atoms with E-state index in [1.807, 2.05) is 16.8 Å². The number of anilines is 1. The molecule has 102 valence electrons. The van der Waals surface area contributed by atoms with E-state index < -0.39 is 0 Å². The number of thiophene rings is 1. The highest BCUT2D eigenvalue weighted by Gasteiger charge is 2.19. The predicted molar refractivity (Wildman–Crippen MR) is 88.0 cm³/mol. The Kier molecular flexibility index (Phi) is 3.97. The molecule has 0 aromatic carbocycles. The van der Waals surface area contributed by atoms with E-state index in [-0.39, 0.29) is 5.91 Å². The number of halogens is 1. The zero-order valence-corrected chi connectivity index (χ0v) is 14.3. The molecule has 0 saturated heterocycles. The maximum absolute atomic E-state index is 12.3. The quantitative estimate of drug-likeness (QED) is 0.672. The maximum atomic E-state index is 12.3. The minimum Gasteiger partial charge on any atom is -0.286 e. The molecule has 1 amide bonds. The number of nitrogens with zero attached hydrogens (tertiary/aromatic N) is 3. The molecule has 0 aliphatic rings. The van der Waals surface area contributed by atoms with Gasteiger partial charge in [-0.25, -0.2) is 9.97 Å². The Morgan fingerprint density at radius 2 is 2.15 bits per heavy atom. The fourth-order valence-corrected chi connectivity index (χ4v) is 4.46. The first kappa shape index (κ1) is 13.9. The summed E-state index contributed by atoms with van der Waals surface area (Å²) in [7, 11) is 1.71. The van der Waals surface area contributed by atoms with Crippen molar-refractivity contribution in [3.8, 4) is 9.88 Å². The first-order valence-electron chi connectivity index (χ1n) is 5.52. The third-order valence-corrected chi connectivity index (χ3v) is 6.06. The van der Waals surface area contributed by atoms with Crippen LogP contribution in [0.4, 0.5) is 5.13 Å². The van der Waals surface area contributed by atoms with Crippen molar-refractivity contribution >= 4 is 61.0 Å². The summed E-state index contributed by atoms with van der Waals surface area (Å²) in [5, 5.41) is 7.16. The van der Waals surface area contributed by atoms with Crippen LogP contribution in [0.5, 0.6) is 0 Å². The Bertz CT molecular complexity index is 735. The van der Waals surface area contributed by atoms with Crippen molar-refractivity contribution in [1.29, 1.82) is 0 Å². The monoisotopic (exact) mass is 385 g/mol. The standard InChI is InChI=1S/C12H8BrN3OS3/c1-16(12-14-2-3-18-12)11(17)8-6-20-10(15-8)9-4-7(13)5-19-9/h2-6H,1H3. The lowest BCUT2D eigenvalue weighted by molar-refractivity contribution is 0.0989. The predicted octanol–water partition coefficient (Wildman–Crippen LogP) is 4.37. The highest BCUT2D eigenvalue weighted by molar-refractivity contribution is 9.10. The Labute approximate surface area is 135 Å². The summed E-state index contributed by atoms with van der Waals surface area (Å²) >= 11 is 7.92. The van der Waals surface area contributed by atoms with Gasteiger partial charge < -0.3 is 0 Å². The molecule has 3 rings (SSSR count). The third-order valence-electron chi connectivity index (χ3n) is 2.51. The van der Waals surface area contributed by atoms with Gasteiger partial charge in [-0.1, -0.05) is 0 Å². The zero-order chi connectivity index (χ0) is 14.1. The number of rotatable bonds is 3. The molecule has 0 bridgehead atoms. The molecule has 8 heteroatoms. The summed E-state index contributed by atoms with van der Waals surface area (Å²) in [6, 6.07) is 2.00. The van der Waals surface area contributed by atoms with E-state index in [2.05, 4.69) is 25.9 Å². The molecule has 3 heterocycles. The van der Waals surface area contributed by atoms with Gasteiger partial charge in [0.15, 0.2) is 5.13 Å². The van der Waals surface area contributed by atoms with Crippen molar-refractivity contribution in [2.24, 2.45) is 0 Å². The van der Waals surface area contributed by atoms with Crippen LogP contribution in [0.3, 0.4) is 0 Å². The van der Waals surface area contributed by atoms with Crippen LogP contribution in [0.2, 0.25) is 0 Å². The van der Waals surface area contributed by atoms with E-state index >= 15 is 0 Å². The number of aromatic nitrogens is 2. The van der Waals surface area contributed by atoms with Gasteiger partial charge in [-0.15, -0.1) is 34.0 Å². The lowest BCUT2D eigenvalue weighted by Crippen LogP contribution is -2.26. The molecule has 0 atom stereocenters. The molecular formula is C12H8BrN3OS3. The highest BCUT2D eigenvalue weighted by Crippen LogP contribution is 2.32. The molecule has 4 nitrogen and oxygen atoms in total. The molecule has 0 N–H and O–H groups in total. The molecule has 0 aliphatic carbocycles. The molecule has 0 fully saturated rings. The maximum Gasteiger partial charge on any atom is 0.279 e. The highest BCUT2D eigenvalue weighted by atomic mass is 79.9. The van der Waals surface area contributed by atoms with Gasteiger partial charge in [0.2, 0.25) is 0 Å². The second-order valence-corrected chi connectivity index (χ2v) is 7.40. The van der Waals surface area contributed by atoms with Crippen LogP contribution in [0.25, 0.3) is 9.88 Å². The largest absolute Gasteiger partial charge is 0.286 e. The molecule has 0 radical (unpaired) electrons. The van der Waals surface area contributed by atoms with Crippen molar-refractivity contribution in [3.63, 3.8) is 0 Å². The number of hydrogen-bond acceptors (Lipinski definition) is 6. The van der Waals surface area contributed by atoms with Crippen LogP contribution in [-0.4, -0.2) is 22.9 Å². The average molecular weight is 386 g/mol. The first-order valence-corrected chi connectivity index (χ1v) is 8.96. The number of thiazole rings is 2. The Morgan fingerprint density at radius 3 is 2.80 bits per heavy atom. The van der Waals surface area contributed by atoms with Gasteiger partial charge >= 0.3 is 0 Å². The Balaban J connectivity index is 1.85. The van der Waals surface area contributed by atoms with Gasteiger partial charge in [0.05, 0.1) is 4.88 Å². The number of carbonyl (C=O) groups excluding carboxylic acids is 1. The minimum absolute atomic E-state index is 0.141. The molecular weight excluding hydrogens is 378 g/mol. The van der Waals surface area contributed by atoms with Gasteiger partial charge in [-0.2, -0.15) is 0 Å². The summed E-state index contributed by atoms with van der Waals surface area (Å²) < 4.78 is 1.03. The van der Waals surface area contributed by atoms with Gasteiger partial charge in [-0.05, 0) is 22.0 Å². The fraction of sp³-hybridized carbons (Fsp3) is 0.0833. The van der Waals surface area contributed by atoms with Crippen molar-refractivity contribution in [2.75, 3.05) is 11.9 Å². The van der Waals surface area contributed by atoms with Gasteiger partial charge in [-0.3, -0.25) is 9.69 Å². The van der Waals surface area contributed by atoms with Crippen LogP contribution >= 0.6 is 49.9 Å². The lowest BCUT2D eigenvalue weighted by atomic mass is 10.4. The van der Waals surface area contributed by atoms with Gasteiger partial charge in [0, 0.05) is 33.9 Å². The molecule has 0 aliphatic heterocycles. The molecule has 0 unspecified atom stereocenters. The molecule has 3 aromatic heterocycles. The van der Waals surface area contributed by atoms with E-state index in [1.54, 1.807) is 30.0 Å². The molecule has 20 heavy (non-hydrogen) atoms. The fourth-order valence-electron chi connectivity index (χ4n) is 1.55. The van der Waals surface area contributed by atoms with Crippen molar-refractivity contribution in [1.82, 2.24) is 9.97 Å². The summed E-state index contributed by atoms with van der Waals surface area (Å²) in [4.78, 5) is 23.4. The molecule has 3 aromatic rings. The van der Waals surface area contributed by atoms with E-state index in [9.17, 15) is 4.79 Å². The van der Waals surface area contributed by atoms with Crippen LogP contribution in [0.15, 0.2) is 32.9 Å².